The summed E-state index contributed by atoms with van der Waals surface area (Å²) in [7, 11) is 0. The summed E-state index contributed by atoms with van der Waals surface area (Å²) in [6.07, 6.45) is 4.12. The summed E-state index contributed by atoms with van der Waals surface area (Å²) in [6.45, 7) is 5.56. The lowest BCUT2D eigenvalue weighted by atomic mass is 10.0. The monoisotopic (exact) mass is 240 g/mol. The van der Waals surface area contributed by atoms with Gasteiger partial charge in [0.15, 0.2) is 0 Å². The van der Waals surface area contributed by atoms with Crippen molar-refractivity contribution in [3.63, 3.8) is 0 Å². The predicted octanol–water partition coefficient (Wildman–Crippen LogP) is 1.14. The molecule has 3 atom stereocenters. The van der Waals surface area contributed by atoms with Gasteiger partial charge in [0.2, 0.25) is 5.91 Å². The second kappa shape index (κ2) is 5.36. The Hall–Kier alpha value is -0.610. The molecule has 3 unspecified atom stereocenters. The lowest BCUT2D eigenvalue weighted by Gasteiger charge is -2.38. The van der Waals surface area contributed by atoms with Crippen molar-refractivity contribution in [1.82, 2.24) is 4.90 Å². The number of nitrogens with zero attached hydrogens (tertiary/aromatic N) is 1. The third-order valence-corrected chi connectivity index (χ3v) is 4.07. The molecule has 1 heterocycles. The van der Waals surface area contributed by atoms with E-state index in [9.17, 15) is 4.79 Å². The van der Waals surface area contributed by atoms with Crippen LogP contribution in [-0.2, 0) is 9.53 Å². The first-order valence-corrected chi connectivity index (χ1v) is 6.76. The number of nitrogens with two attached hydrogens (primary N) is 1. The summed E-state index contributed by atoms with van der Waals surface area (Å²) in [6, 6.07) is 0.292. The number of amides is 1. The van der Waals surface area contributed by atoms with Crippen LogP contribution in [0.1, 0.15) is 39.5 Å². The quantitative estimate of drug-likeness (QED) is 0.805. The van der Waals surface area contributed by atoms with E-state index in [2.05, 4.69) is 13.8 Å². The molecule has 1 aliphatic heterocycles. The molecule has 1 aliphatic carbocycles. The zero-order valence-corrected chi connectivity index (χ0v) is 10.9. The molecule has 1 saturated heterocycles. The summed E-state index contributed by atoms with van der Waals surface area (Å²) >= 11 is 0. The van der Waals surface area contributed by atoms with Crippen LogP contribution in [0.4, 0.5) is 0 Å². The van der Waals surface area contributed by atoms with Gasteiger partial charge >= 0.3 is 0 Å². The number of hydrogen-bond acceptors (Lipinski definition) is 3. The molecule has 1 saturated carbocycles. The highest BCUT2D eigenvalue weighted by atomic mass is 16.5. The first-order valence-electron chi connectivity index (χ1n) is 6.76. The Morgan fingerprint density at radius 3 is 2.94 bits per heavy atom. The zero-order valence-electron chi connectivity index (χ0n) is 10.9. The highest BCUT2D eigenvalue weighted by Gasteiger charge is 2.38. The first kappa shape index (κ1) is 12.8. The number of hydrogen-bond donors (Lipinski definition) is 1. The third kappa shape index (κ3) is 2.80. The standard InChI is InChI=1S/C13H24N2O2/c1-9(2)10(14)8-13(16)15-6-7-17-12-5-3-4-11(12)15/h9-12H,3-8,14H2,1-2H3. The number of morpholine rings is 1. The molecular formula is C13H24N2O2. The van der Waals surface area contributed by atoms with Gasteiger partial charge in [0.1, 0.15) is 0 Å². The van der Waals surface area contributed by atoms with Crippen molar-refractivity contribution >= 4 is 5.91 Å². The van der Waals surface area contributed by atoms with E-state index in [1.54, 1.807) is 0 Å². The van der Waals surface area contributed by atoms with Crippen LogP contribution in [0.5, 0.6) is 0 Å². The van der Waals surface area contributed by atoms with E-state index in [1.165, 1.54) is 6.42 Å². The van der Waals surface area contributed by atoms with E-state index in [0.29, 0.717) is 25.0 Å². The highest BCUT2D eigenvalue weighted by molar-refractivity contribution is 5.77. The number of carbonyl (C=O) groups excluding carboxylic acids is 1. The fourth-order valence-corrected chi connectivity index (χ4v) is 2.79. The molecule has 2 N–H and O–H groups in total. The Labute approximate surface area is 103 Å². The Kier molecular flexibility index (Phi) is 4.05. The van der Waals surface area contributed by atoms with Gasteiger partial charge in [-0.15, -0.1) is 0 Å². The summed E-state index contributed by atoms with van der Waals surface area (Å²) in [5, 5.41) is 0. The largest absolute Gasteiger partial charge is 0.374 e. The Balaban J connectivity index is 1.94. The molecule has 2 aliphatic rings. The van der Waals surface area contributed by atoms with Crippen molar-refractivity contribution in [3.8, 4) is 0 Å². The molecule has 4 heteroatoms. The minimum Gasteiger partial charge on any atom is -0.374 e. The van der Waals surface area contributed by atoms with Crippen LogP contribution < -0.4 is 5.73 Å². The van der Waals surface area contributed by atoms with Crippen molar-refractivity contribution in [2.45, 2.75) is 57.7 Å². The maximum Gasteiger partial charge on any atom is 0.224 e. The minimum atomic E-state index is -0.0230. The molecule has 1 amide bonds. The summed E-state index contributed by atoms with van der Waals surface area (Å²) in [4.78, 5) is 14.3. The molecule has 17 heavy (non-hydrogen) atoms. The molecule has 0 bridgehead atoms. The Morgan fingerprint density at radius 1 is 1.47 bits per heavy atom. The van der Waals surface area contributed by atoms with E-state index in [-0.39, 0.29) is 18.1 Å². The third-order valence-electron chi connectivity index (χ3n) is 4.07. The van der Waals surface area contributed by atoms with Gasteiger partial charge in [0, 0.05) is 19.0 Å². The van der Waals surface area contributed by atoms with Crippen molar-refractivity contribution in [2.75, 3.05) is 13.2 Å². The molecule has 0 aromatic carbocycles. The normalized spacial score (nSPS) is 30.5. The van der Waals surface area contributed by atoms with Crippen LogP contribution in [0.15, 0.2) is 0 Å². The topological polar surface area (TPSA) is 55.6 Å². The lowest BCUT2D eigenvalue weighted by Crippen LogP contribution is -2.52. The molecular weight excluding hydrogens is 216 g/mol. The van der Waals surface area contributed by atoms with Crippen LogP contribution in [-0.4, -0.2) is 42.1 Å². The maximum absolute atomic E-state index is 12.2. The smallest absolute Gasteiger partial charge is 0.224 e. The van der Waals surface area contributed by atoms with Gasteiger partial charge in [0.05, 0.1) is 18.8 Å². The second-order valence-electron chi connectivity index (χ2n) is 5.61. The van der Waals surface area contributed by atoms with E-state index in [4.69, 9.17) is 10.5 Å². The SMILES string of the molecule is CC(C)C(N)CC(=O)N1CCOC2CCCC21. The first-order chi connectivity index (χ1) is 8.09. The number of fused-ring (bicyclic) bond motifs is 1. The van der Waals surface area contributed by atoms with Crippen molar-refractivity contribution in [2.24, 2.45) is 11.7 Å². The van der Waals surface area contributed by atoms with Crippen molar-refractivity contribution < 1.29 is 9.53 Å². The average molecular weight is 240 g/mol. The van der Waals surface area contributed by atoms with Gasteiger partial charge in [0.25, 0.3) is 0 Å². The van der Waals surface area contributed by atoms with Crippen LogP contribution in [0.3, 0.4) is 0 Å². The van der Waals surface area contributed by atoms with Crippen molar-refractivity contribution in [3.05, 3.63) is 0 Å². The van der Waals surface area contributed by atoms with Gasteiger partial charge in [-0.3, -0.25) is 4.79 Å². The molecule has 0 aromatic rings. The molecule has 0 spiro atoms. The Morgan fingerprint density at radius 2 is 2.24 bits per heavy atom. The number of ether oxygens (including phenoxy) is 1. The fourth-order valence-electron chi connectivity index (χ4n) is 2.79. The molecule has 2 rings (SSSR count). The summed E-state index contributed by atoms with van der Waals surface area (Å²) in [5.74, 6) is 0.575. The molecule has 4 nitrogen and oxygen atoms in total. The number of carbonyl (C=O) groups is 1. The average Bonchev–Trinajstić information content (AvgIpc) is 2.76. The summed E-state index contributed by atoms with van der Waals surface area (Å²) < 4.78 is 5.71. The van der Waals surface area contributed by atoms with Gasteiger partial charge in [-0.05, 0) is 25.2 Å². The van der Waals surface area contributed by atoms with E-state index >= 15 is 0 Å². The van der Waals surface area contributed by atoms with E-state index in [0.717, 1.165) is 19.4 Å². The predicted molar refractivity (Wildman–Crippen MR) is 66.5 cm³/mol. The van der Waals surface area contributed by atoms with E-state index in [1.807, 2.05) is 4.90 Å². The van der Waals surface area contributed by atoms with Gasteiger partial charge in [-0.2, -0.15) is 0 Å². The van der Waals surface area contributed by atoms with Crippen LogP contribution in [0.25, 0.3) is 0 Å². The molecule has 0 aromatic heterocycles. The van der Waals surface area contributed by atoms with Crippen molar-refractivity contribution in [1.29, 1.82) is 0 Å². The van der Waals surface area contributed by atoms with Gasteiger partial charge in [-0.25, -0.2) is 0 Å². The second-order valence-corrected chi connectivity index (χ2v) is 5.61. The Bertz CT molecular complexity index is 281. The highest BCUT2D eigenvalue weighted by Crippen LogP contribution is 2.30. The maximum atomic E-state index is 12.2. The molecule has 98 valence electrons. The zero-order chi connectivity index (χ0) is 12.4. The van der Waals surface area contributed by atoms with Crippen LogP contribution in [0.2, 0.25) is 0 Å². The fraction of sp³-hybridized carbons (Fsp3) is 0.923. The van der Waals surface area contributed by atoms with Gasteiger partial charge < -0.3 is 15.4 Å². The summed E-state index contributed by atoms with van der Waals surface area (Å²) in [5.41, 5.74) is 5.98. The lowest BCUT2D eigenvalue weighted by molar-refractivity contribution is -0.144. The number of rotatable bonds is 3. The molecule has 0 radical (unpaired) electrons. The van der Waals surface area contributed by atoms with Crippen LogP contribution >= 0.6 is 0 Å². The molecule has 2 fully saturated rings. The minimum absolute atomic E-state index is 0.0230. The van der Waals surface area contributed by atoms with Gasteiger partial charge in [-0.1, -0.05) is 13.8 Å². The van der Waals surface area contributed by atoms with Crippen LogP contribution in [0, 0.1) is 5.92 Å². The van der Waals surface area contributed by atoms with E-state index < -0.39 is 0 Å².